The molecular weight excluding hydrogens is 234 g/mol. The van der Waals surface area contributed by atoms with Gasteiger partial charge in [0.05, 0.1) is 12.8 Å². The molecule has 0 atom stereocenters. The van der Waals surface area contributed by atoms with E-state index in [-0.39, 0.29) is 0 Å². The molecule has 1 N–H and O–H groups in total. The molecule has 2 rings (SSSR count). The normalized spacial score (nSPS) is 17.1. The van der Waals surface area contributed by atoms with Gasteiger partial charge in [0, 0.05) is 26.2 Å². The van der Waals surface area contributed by atoms with Crippen LogP contribution in [0.1, 0.15) is 12.7 Å². The second-order valence-corrected chi connectivity index (χ2v) is 4.55. The molecule has 0 radical (unpaired) electrons. The average molecular weight is 253 g/mol. The van der Waals surface area contributed by atoms with Crippen LogP contribution in [0.5, 0.6) is 0 Å². The van der Waals surface area contributed by atoms with E-state index in [1.807, 2.05) is 12.1 Å². The lowest BCUT2D eigenvalue weighted by atomic mass is 10.3. The maximum Gasteiger partial charge on any atom is 0.169 e. The second-order valence-electron chi connectivity index (χ2n) is 4.16. The van der Waals surface area contributed by atoms with Gasteiger partial charge in [0.1, 0.15) is 5.76 Å². The van der Waals surface area contributed by atoms with E-state index in [4.69, 9.17) is 16.6 Å². The zero-order chi connectivity index (χ0) is 12.1. The van der Waals surface area contributed by atoms with Crippen LogP contribution >= 0.6 is 12.2 Å². The lowest BCUT2D eigenvalue weighted by molar-refractivity contribution is 0.188. The highest BCUT2D eigenvalue weighted by Crippen LogP contribution is 2.03. The van der Waals surface area contributed by atoms with Crippen LogP contribution in [-0.4, -0.2) is 47.6 Å². The van der Waals surface area contributed by atoms with Crippen LogP contribution in [0, 0.1) is 0 Å². The number of piperazine rings is 1. The van der Waals surface area contributed by atoms with Gasteiger partial charge in [-0.3, -0.25) is 0 Å². The van der Waals surface area contributed by atoms with E-state index in [9.17, 15) is 0 Å². The van der Waals surface area contributed by atoms with Crippen molar-refractivity contribution in [2.75, 3.05) is 32.7 Å². The summed E-state index contributed by atoms with van der Waals surface area (Å²) in [4.78, 5) is 4.66. The summed E-state index contributed by atoms with van der Waals surface area (Å²) < 4.78 is 5.26. The number of nitrogens with zero attached hydrogens (tertiary/aromatic N) is 2. The van der Waals surface area contributed by atoms with Crippen LogP contribution in [-0.2, 0) is 6.54 Å². The summed E-state index contributed by atoms with van der Waals surface area (Å²) in [5, 5.41) is 4.06. The van der Waals surface area contributed by atoms with Gasteiger partial charge < -0.3 is 19.5 Å². The molecule has 94 valence electrons. The maximum atomic E-state index is 5.38. The fourth-order valence-corrected chi connectivity index (χ4v) is 2.21. The molecular formula is C12H19N3OS. The van der Waals surface area contributed by atoms with Gasteiger partial charge in [0.25, 0.3) is 0 Å². The molecule has 0 unspecified atom stereocenters. The third kappa shape index (κ3) is 3.44. The van der Waals surface area contributed by atoms with E-state index in [1.54, 1.807) is 6.26 Å². The molecule has 0 spiro atoms. The van der Waals surface area contributed by atoms with Gasteiger partial charge in [0.15, 0.2) is 5.11 Å². The number of hydrogen-bond donors (Lipinski definition) is 1. The quantitative estimate of drug-likeness (QED) is 0.821. The minimum Gasteiger partial charge on any atom is -0.467 e. The molecule has 1 aromatic heterocycles. The largest absolute Gasteiger partial charge is 0.467 e. The smallest absolute Gasteiger partial charge is 0.169 e. The number of hydrogen-bond acceptors (Lipinski definition) is 3. The first kappa shape index (κ1) is 12.4. The fourth-order valence-electron chi connectivity index (χ4n) is 1.95. The van der Waals surface area contributed by atoms with E-state index >= 15 is 0 Å². The van der Waals surface area contributed by atoms with Gasteiger partial charge in [-0.2, -0.15) is 0 Å². The first-order valence-electron chi connectivity index (χ1n) is 6.07. The van der Waals surface area contributed by atoms with Crippen molar-refractivity contribution in [3.8, 4) is 0 Å². The Balaban J connectivity index is 1.73. The first-order chi connectivity index (χ1) is 8.29. The Bertz CT molecular complexity index is 345. The van der Waals surface area contributed by atoms with Crippen molar-refractivity contribution in [3.05, 3.63) is 24.2 Å². The van der Waals surface area contributed by atoms with Crippen LogP contribution in [0.3, 0.4) is 0 Å². The zero-order valence-corrected chi connectivity index (χ0v) is 11.0. The highest BCUT2D eigenvalue weighted by molar-refractivity contribution is 7.80. The van der Waals surface area contributed by atoms with Crippen LogP contribution in [0.4, 0.5) is 0 Å². The molecule has 4 nitrogen and oxygen atoms in total. The molecule has 0 aromatic carbocycles. The molecule has 1 aliphatic rings. The molecule has 1 saturated heterocycles. The zero-order valence-electron chi connectivity index (χ0n) is 10.2. The Morgan fingerprint density at radius 1 is 1.41 bits per heavy atom. The highest BCUT2D eigenvalue weighted by Gasteiger charge is 2.17. The summed E-state index contributed by atoms with van der Waals surface area (Å²) in [7, 11) is 0. The number of nitrogens with one attached hydrogen (secondary N) is 1. The van der Waals surface area contributed by atoms with Crippen molar-refractivity contribution < 1.29 is 4.42 Å². The van der Waals surface area contributed by atoms with Crippen molar-refractivity contribution in [1.82, 2.24) is 15.1 Å². The van der Waals surface area contributed by atoms with Crippen LogP contribution in [0.2, 0.25) is 0 Å². The number of furan rings is 1. The molecule has 1 aliphatic heterocycles. The summed E-state index contributed by atoms with van der Waals surface area (Å²) >= 11 is 5.38. The van der Waals surface area contributed by atoms with Gasteiger partial charge in [-0.25, -0.2) is 0 Å². The molecule has 1 fully saturated rings. The Hall–Kier alpha value is -1.07. The van der Waals surface area contributed by atoms with E-state index < -0.39 is 0 Å². The summed E-state index contributed by atoms with van der Waals surface area (Å²) in [6.45, 7) is 8.21. The van der Waals surface area contributed by atoms with Crippen molar-refractivity contribution in [2.24, 2.45) is 0 Å². The average Bonchev–Trinajstić information content (AvgIpc) is 2.89. The number of rotatable bonds is 3. The summed E-state index contributed by atoms with van der Waals surface area (Å²) in [6.07, 6.45) is 1.68. The molecule has 1 aromatic rings. The van der Waals surface area contributed by atoms with E-state index in [2.05, 4.69) is 22.0 Å². The standard InChI is InChI=1S/C12H19N3OS/c1-2-14-5-7-15(8-6-14)12(17)13-10-11-4-3-9-16-11/h3-4,9H,2,5-8,10H2,1H3,(H,13,17). The fraction of sp³-hybridized carbons (Fsp3) is 0.583. The Morgan fingerprint density at radius 3 is 2.76 bits per heavy atom. The SMILES string of the molecule is CCN1CCN(C(=S)NCc2ccco2)CC1. The second kappa shape index (κ2) is 6.02. The maximum absolute atomic E-state index is 5.38. The van der Waals surface area contributed by atoms with Crippen molar-refractivity contribution in [1.29, 1.82) is 0 Å². The van der Waals surface area contributed by atoms with Crippen LogP contribution < -0.4 is 5.32 Å². The lowest BCUT2D eigenvalue weighted by Gasteiger charge is -2.35. The third-order valence-corrected chi connectivity index (χ3v) is 3.50. The Morgan fingerprint density at radius 2 is 2.18 bits per heavy atom. The van der Waals surface area contributed by atoms with Gasteiger partial charge in [-0.15, -0.1) is 0 Å². The molecule has 0 bridgehead atoms. The lowest BCUT2D eigenvalue weighted by Crippen LogP contribution is -2.51. The monoisotopic (exact) mass is 253 g/mol. The first-order valence-corrected chi connectivity index (χ1v) is 6.48. The predicted octanol–water partition coefficient (Wildman–Crippen LogP) is 1.29. The topological polar surface area (TPSA) is 31.6 Å². The highest BCUT2D eigenvalue weighted by atomic mass is 32.1. The summed E-state index contributed by atoms with van der Waals surface area (Å²) in [5.74, 6) is 0.916. The molecule has 0 amide bonds. The molecule has 17 heavy (non-hydrogen) atoms. The van der Waals surface area contributed by atoms with E-state index in [0.717, 1.165) is 43.6 Å². The minimum absolute atomic E-state index is 0.666. The minimum atomic E-state index is 0.666. The predicted molar refractivity (Wildman–Crippen MR) is 71.8 cm³/mol. The third-order valence-electron chi connectivity index (χ3n) is 3.10. The van der Waals surface area contributed by atoms with Crippen molar-refractivity contribution in [2.45, 2.75) is 13.5 Å². The summed E-state index contributed by atoms with van der Waals surface area (Å²) in [5.41, 5.74) is 0. The molecule has 2 heterocycles. The molecule has 0 saturated carbocycles. The van der Waals surface area contributed by atoms with Crippen molar-refractivity contribution in [3.63, 3.8) is 0 Å². The van der Waals surface area contributed by atoms with E-state index in [1.165, 1.54) is 0 Å². The van der Waals surface area contributed by atoms with E-state index in [0.29, 0.717) is 6.54 Å². The number of likely N-dealkylation sites (N-methyl/N-ethyl adjacent to an activating group) is 1. The van der Waals surface area contributed by atoms with Gasteiger partial charge in [-0.1, -0.05) is 6.92 Å². The van der Waals surface area contributed by atoms with Crippen molar-refractivity contribution >= 4 is 17.3 Å². The van der Waals surface area contributed by atoms with Gasteiger partial charge in [-0.05, 0) is 30.9 Å². The molecule has 5 heteroatoms. The molecule has 0 aliphatic carbocycles. The van der Waals surface area contributed by atoms with Gasteiger partial charge >= 0.3 is 0 Å². The Kier molecular flexibility index (Phi) is 4.39. The number of thiocarbonyl (C=S) groups is 1. The van der Waals surface area contributed by atoms with Crippen LogP contribution in [0.15, 0.2) is 22.8 Å². The van der Waals surface area contributed by atoms with Gasteiger partial charge in [0.2, 0.25) is 0 Å². The van der Waals surface area contributed by atoms with Crippen LogP contribution in [0.25, 0.3) is 0 Å². The summed E-state index contributed by atoms with van der Waals surface area (Å²) in [6, 6.07) is 3.84. The Labute approximate surface area is 108 Å².